The van der Waals surface area contributed by atoms with E-state index in [2.05, 4.69) is 18.7 Å². The van der Waals surface area contributed by atoms with Gasteiger partial charge in [-0.3, -0.25) is 0 Å². The fraction of sp³-hybridized carbons (Fsp3) is 0.400. The number of carbonyl (C=O) groups is 1. The summed E-state index contributed by atoms with van der Waals surface area (Å²) in [5.41, 5.74) is 1.44. The molecule has 0 fully saturated rings. The normalized spacial score (nSPS) is 12.6. The van der Waals surface area contributed by atoms with Gasteiger partial charge in [-0.15, -0.1) is 0 Å². The molecule has 1 rings (SSSR count). The van der Waals surface area contributed by atoms with Crippen LogP contribution in [0.2, 0.25) is 0 Å². The molecule has 0 saturated carbocycles. The molecule has 0 amide bonds. The van der Waals surface area contributed by atoms with Crippen LogP contribution < -0.4 is 4.90 Å². The summed E-state index contributed by atoms with van der Waals surface area (Å²) < 4.78 is 13.3. The second-order valence-corrected chi connectivity index (χ2v) is 4.42. The summed E-state index contributed by atoms with van der Waals surface area (Å²) >= 11 is 0. The third-order valence-electron chi connectivity index (χ3n) is 3.17. The molecule has 0 aliphatic rings. The SMILES string of the molecule is CCC(C)N(CC)c1ccc(F)cc1/C=C/C(=O)O. The van der Waals surface area contributed by atoms with Gasteiger partial charge in [-0.25, -0.2) is 9.18 Å². The Morgan fingerprint density at radius 3 is 2.68 bits per heavy atom. The Kier molecular flexibility index (Phi) is 5.55. The second kappa shape index (κ2) is 6.92. The van der Waals surface area contributed by atoms with Gasteiger partial charge in [0.2, 0.25) is 0 Å². The van der Waals surface area contributed by atoms with E-state index in [0.717, 1.165) is 24.7 Å². The molecule has 1 aromatic carbocycles. The molecule has 0 radical (unpaired) electrons. The monoisotopic (exact) mass is 265 g/mol. The summed E-state index contributed by atoms with van der Waals surface area (Å²) in [6.07, 6.45) is 3.43. The molecule has 1 aromatic rings. The van der Waals surface area contributed by atoms with Gasteiger partial charge in [-0.05, 0) is 44.5 Å². The van der Waals surface area contributed by atoms with E-state index in [0.29, 0.717) is 11.6 Å². The van der Waals surface area contributed by atoms with E-state index < -0.39 is 5.97 Å². The van der Waals surface area contributed by atoms with Crippen molar-refractivity contribution >= 4 is 17.7 Å². The fourth-order valence-electron chi connectivity index (χ4n) is 2.02. The quantitative estimate of drug-likeness (QED) is 0.800. The number of carboxylic acids is 1. The zero-order valence-corrected chi connectivity index (χ0v) is 11.6. The number of benzene rings is 1. The van der Waals surface area contributed by atoms with Crippen LogP contribution in [0.1, 0.15) is 32.8 Å². The summed E-state index contributed by atoms with van der Waals surface area (Å²) in [4.78, 5) is 12.7. The van der Waals surface area contributed by atoms with Crippen LogP contribution in [0.15, 0.2) is 24.3 Å². The Morgan fingerprint density at radius 2 is 2.16 bits per heavy atom. The van der Waals surface area contributed by atoms with E-state index in [-0.39, 0.29) is 5.82 Å². The third-order valence-corrected chi connectivity index (χ3v) is 3.17. The van der Waals surface area contributed by atoms with Gasteiger partial charge in [0.15, 0.2) is 0 Å². The lowest BCUT2D eigenvalue weighted by atomic mass is 10.1. The van der Waals surface area contributed by atoms with Crippen molar-refractivity contribution in [3.05, 3.63) is 35.7 Å². The highest BCUT2D eigenvalue weighted by molar-refractivity contribution is 5.87. The van der Waals surface area contributed by atoms with Crippen LogP contribution in [0.4, 0.5) is 10.1 Å². The molecule has 0 saturated heterocycles. The first-order chi connectivity index (χ1) is 8.99. The summed E-state index contributed by atoms with van der Waals surface area (Å²) in [6, 6.07) is 4.78. The van der Waals surface area contributed by atoms with Crippen LogP contribution in [0.3, 0.4) is 0 Å². The van der Waals surface area contributed by atoms with Crippen molar-refractivity contribution in [3.8, 4) is 0 Å². The van der Waals surface area contributed by atoms with E-state index in [1.54, 1.807) is 6.07 Å². The molecule has 0 spiro atoms. The molecule has 3 nitrogen and oxygen atoms in total. The van der Waals surface area contributed by atoms with E-state index in [1.165, 1.54) is 18.2 Å². The number of nitrogens with zero attached hydrogens (tertiary/aromatic N) is 1. The van der Waals surface area contributed by atoms with Crippen molar-refractivity contribution in [1.29, 1.82) is 0 Å². The van der Waals surface area contributed by atoms with Crippen molar-refractivity contribution in [3.63, 3.8) is 0 Å². The number of hydrogen-bond donors (Lipinski definition) is 1. The van der Waals surface area contributed by atoms with Crippen LogP contribution in [0.25, 0.3) is 6.08 Å². The summed E-state index contributed by atoms with van der Waals surface area (Å²) in [5.74, 6) is -1.41. The topological polar surface area (TPSA) is 40.5 Å². The first kappa shape index (κ1) is 15.2. The molecule has 0 aromatic heterocycles. The lowest BCUT2D eigenvalue weighted by molar-refractivity contribution is -0.131. The lowest BCUT2D eigenvalue weighted by Crippen LogP contribution is -2.32. The van der Waals surface area contributed by atoms with Gasteiger partial charge in [0.1, 0.15) is 5.82 Å². The Bertz CT molecular complexity index is 471. The number of carboxylic acid groups (broad SMARTS) is 1. The predicted molar refractivity (Wildman–Crippen MR) is 75.8 cm³/mol. The number of hydrogen-bond acceptors (Lipinski definition) is 2. The number of anilines is 1. The fourth-order valence-corrected chi connectivity index (χ4v) is 2.02. The molecular formula is C15H20FNO2. The third kappa shape index (κ3) is 4.09. The van der Waals surface area contributed by atoms with Crippen LogP contribution in [0, 0.1) is 5.82 Å². The molecule has 0 bridgehead atoms. The van der Waals surface area contributed by atoms with Crippen molar-refractivity contribution in [2.75, 3.05) is 11.4 Å². The molecule has 19 heavy (non-hydrogen) atoms. The molecule has 104 valence electrons. The van der Waals surface area contributed by atoms with Crippen molar-refractivity contribution in [2.45, 2.75) is 33.2 Å². The first-order valence-corrected chi connectivity index (χ1v) is 6.46. The van der Waals surface area contributed by atoms with Crippen LogP contribution in [-0.4, -0.2) is 23.7 Å². The predicted octanol–water partition coefficient (Wildman–Crippen LogP) is 3.55. The highest BCUT2D eigenvalue weighted by Gasteiger charge is 2.14. The van der Waals surface area contributed by atoms with Gasteiger partial charge in [-0.2, -0.15) is 0 Å². The van der Waals surface area contributed by atoms with Gasteiger partial charge < -0.3 is 10.0 Å². The number of halogens is 1. The summed E-state index contributed by atoms with van der Waals surface area (Å²) in [5, 5.41) is 8.69. The van der Waals surface area contributed by atoms with Crippen LogP contribution in [0.5, 0.6) is 0 Å². The maximum Gasteiger partial charge on any atom is 0.328 e. The Labute approximate surface area is 113 Å². The molecular weight excluding hydrogens is 245 g/mol. The molecule has 1 atom stereocenters. The second-order valence-electron chi connectivity index (χ2n) is 4.42. The Morgan fingerprint density at radius 1 is 1.47 bits per heavy atom. The smallest absolute Gasteiger partial charge is 0.328 e. The van der Waals surface area contributed by atoms with Crippen LogP contribution in [-0.2, 0) is 4.79 Å². The zero-order chi connectivity index (χ0) is 14.4. The van der Waals surface area contributed by atoms with Crippen molar-refractivity contribution in [2.24, 2.45) is 0 Å². The average Bonchev–Trinajstić information content (AvgIpc) is 2.38. The van der Waals surface area contributed by atoms with E-state index in [1.807, 2.05) is 6.92 Å². The van der Waals surface area contributed by atoms with E-state index >= 15 is 0 Å². The van der Waals surface area contributed by atoms with Crippen molar-refractivity contribution < 1.29 is 14.3 Å². The lowest BCUT2D eigenvalue weighted by Gasteiger charge is -2.31. The first-order valence-electron chi connectivity index (χ1n) is 6.46. The van der Waals surface area contributed by atoms with Gasteiger partial charge >= 0.3 is 5.97 Å². The van der Waals surface area contributed by atoms with Gasteiger partial charge in [0, 0.05) is 29.9 Å². The van der Waals surface area contributed by atoms with E-state index in [4.69, 9.17) is 5.11 Å². The maximum absolute atomic E-state index is 13.3. The highest BCUT2D eigenvalue weighted by atomic mass is 19.1. The minimum absolute atomic E-state index is 0.312. The minimum atomic E-state index is -1.04. The molecule has 0 heterocycles. The molecule has 1 unspecified atom stereocenters. The van der Waals surface area contributed by atoms with Crippen LogP contribution >= 0.6 is 0 Å². The highest BCUT2D eigenvalue weighted by Crippen LogP contribution is 2.25. The Hall–Kier alpha value is -1.84. The number of aliphatic carboxylic acids is 1. The van der Waals surface area contributed by atoms with Crippen molar-refractivity contribution in [1.82, 2.24) is 0 Å². The summed E-state index contributed by atoms with van der Waals surface area (Å²) in [6.45, 7) is 7.00. The standard InChI is InChI=1S/C15H20FNO2/c1-4-11(3)17(5-2)14-8-7-13(16)10-12(14)6-9-15(18)19/h6-11H,4-5H2,1-3H3,(H,18,19)/b9-6+. The average molecular weight is 265 g/mol. The van der Waals surface area contributed by atoms with Gasteiger partial charge in [-0.1, -0.05) is 6.92 Å². The number of rotatable bonds is 6. The maximum atomic E-state index is 13.3. The zero-order valence-electron chi connectivity index (χ0n) is 11.6. The summed E-state index contributed by atoms with van der Waals surface area (Å²) in [7, 11) is 0. The molecule has 0 aliphatic carbocycles. The Balaban J connectivity index is 3.21. The van der Waals surface area contributed by atoms with Gasteiger partial charge in [0.05, 0.1) is 0 Å². The van der Waals surface area contributed by atoms with Gasteiger partial charge in [0.25, 0.3) is 0 Å². The molecule has 0 aliphatic heterocycles. The van der Waals surface area contributed by atoms with E-state index in [9.17, 15) is 9.18 Å². The molecule has 1 N–H and O–H groups in total. The molecule has 4 heteroatoms. The minimum Gasteiger partial charge on any atom is -0.478 e. The largest absolute Gasteiger partial charge is 0.478 e.